The van der Waals surface area contributed by atoms with Crippen LogP contribution in [0.4, 0.5) is 5.69 Å². The number of hydrogen-bond donors (Lipinski definition) is 1. The van der Waals surface area contributed by atoms with Crippen molar-refractivity contribution in [2.24, 2.45) is 0 Å². The van der Waals surface area contributed by atoms with Gasteiger partial charge in [-0.15, -0.1) is 0 Å². The van der Waals surface area contributed by atoms with Crippen LogP contribution >= 0.6 is 23.2 Å². The van der Waals surface area contributed by atoms with E-state index in [0.29, 0.717) is 0 Å². The highest BCUT2D eigenvalue weighted by atomic mass is 35.5. The van der Waals surface area contributed by atoms with E-state index in [-0.39, 0.29) is 33.6 Å². The molecule has 20 heavy (non-hydrogen) atoms. The van der Waals surface area contributed by atoms with Gasteiger partial charge in [-0.3, -0.25) is 4.79 Å². The number of methoxy groups -OCH3 is 1. The number of sulfonamides is 1. The molecule has 0 unspecified atom stereocenters. The predicted molar refractivity (Wildman–Crippen MR) is 77.3 cm³/mol. The normalized spacial score (nSPS) is 11.7. The summed E-state index contributed by atoms with van der Waals surface area (Å²) in [6, 6.07) is 2.60. The zero-order valence-electron chi connectivity index (χ0n) is 10.9. The number of nitrogens with two attached hydrogens (primary N) is 1. The van der Waals surface area contributed by atoms with Gasteiger partial charge in [-0.25, -0.2) is 12.7 Å². The molecule has 1 aromatic rings. The standard InChI is InChI=1S/C11H14Cl2N2O4S/c1-15(4-3-10(16)19-2)20(17,18)11-8(12)5-7(14)6-9(11)13/h5-6H,3-4,14H2,1-2H3. The third-order valence-electron chi connectivity index (χ3n) is 2.55. The van der Waals surface area contributed by atoms with Crippen molar-refractivity contribution in [2.75, 3.05) is 26.4 Å². The van der Waals surface area contributed by atoms with Gasteiger partial charge >= 0.3 is 5.97 Å². The topological polar surface area (TPSA) is 89.7 Å². The Morgan fingerprint density at radius 1 is 1.35 bits per heavy atom. The molecule has 0 atom stereocenters. The van der Waals surface area contributed by atoms with E-state index in [1.54, 1.807) is 0 Å². The number of ether oxygens (including phenoxy) is 1. The highest BCUT2D eigenvalue weighted by Gasteiger charge is 2.27. The second kappa shape index (κ2) is 6.62. The third kappa shape index (κ3) is 3.76. The molecule has 0 aliphatic heterocycles. The van der Waals surface area contributed by atoms with Crippen LogP contribution in [0.25, 0.3) is 0 Å². The van der Waals surface area contributed by atoms with E-state index >= 15 is 0 Å². The second-order valence-electron chi connectivity index (χ2n) is 3.97. The molecule has 1 rings (SSSR count). The molecule has 9 heteroatoms. The van der Waals surface area contributed by atoms with Crippen LogP contribution in [0.2, 0.25) is 10.0 Å². The largest absolute Gasteiger partial charge is 0.469 e. The summed E-state index contributed by atoms with van der Waals surface area (Å²) in [5.41, 5.74) is 5.79. The Morgan fingerprint density at radius 3 is 2.30 bits per heavy atom. The zero-order valence-corrected chi connectivity index (χ0v) is 13.2. The minimum absolute atomic E-state index is 0.0496. The van der Waals surface area contributed by atoms with Gasteiger partial charge in [-0.2, -0.15) is 0 Å². The molecular weight excluding hydrogens is 327 g/mol. The molecule has 0 bridgehead atoms. The molecule has 0 fully saturated rings. The first kappa shape index (κ1) is 17.0. The number of carbonyl (C=O) groups is 1. The van der Waals surface area contributed by atoms with Gasteiger partial charge in [0.05, 0.1) is 23.6 Å². The first-order valence-corrected chi connectivity index (χ1v) is 7.67. The summed E-state index contributed by atoms with van der Waals surface area (Å²) in [5.74, 6) is -0.512. The maximum absolute atomic E-state index is 12.4. The Hall–Kier alpha value is -1.02. The monoisotopic (exact) mass is 340 g/mol. The van der Waals surface area contributed by atoms with E-state index in [9.17, 15) is 13.2 Å². The fourth-order valence-corrected chi connectivity index (χ4v) is 3.80. The summed E-state index contributed by atoms with van der Waals surface area (Å²) in [7, 11) is -1.37. The average Bonchev–Trinajstić information content (AvgIpc) is 2.33. The van der Waals surface area contributed by atoms with E-state index in [0.717, 1.165) is 4.31 Å². The van der Waals surface area contributed by atoms with Gasteiger partial charge in [0.25, 0.3) is 0 Å². The Balaban J connectivity index is 3.08. The lowest BCUT2D eigenvalue weighted by molar-refractivity contribution is -0.140. The number of rotatable bonds is 5. The van der Waals surface area contributed by atoms with E-state index in [1.165, 1.54) is 26.3 Å². The van der Waals surface area contributed by atoms with Gasteiger partial charge in [0.15, 0.2) is 0 Å². The van der Waals surface area contributed by atoms with Crippen LogP contribution in [0.15, 0.2) is 17.0 Å². The summed E-state index contributed by atoms with van der Waals surface area (Å²) < 4.78 is 30.1. The fraction of sp³-hybridized carbons (Fsp3) is 0.364. The van der Waals surface area contributed by atoms with Crippen LogP contribution in [-0.2, 0) is 19.6 Å². The third-order valence-corrected chi connectivity index (χ3v) is 5.33. The van der Waals surface area contributed by atoms with Gasteiger partial charge in [-0.1, -0.05) is 23.2 Å². The number of nitrogens with zero attached hydrogens (tertiary/aromatic N) is 1. The van der Waals surface area contributed by atoms with Gasteiger partial charge < -0.3 is 10.5 Å². The van der Waals surface area contributed by atoms with E-state index in [4.69, 9.17) is 28.9 Å². The van der Waals surface area contributed by atoms with Crippen molar-refractivity contribution < 1.29 is 17.9 Å². The van der Waals surface area contributed by atoms with Crippen LogP contribution < -0.4 is 5.73 Å². The minimum Gasteiger partial charge on any atom is -0.469 e. The smallest absolute Gasteiger partial charge is 0.306 e. The van der Waals surface area contributed by atoms with E-state index in [2.05, 4.69) is 4.74 Å². The fourth-order valence-electron chi connectivity index (χ4n) is 1.45. The predicted octanol–water partition coefficient (Wildman–Crippen LogP) is 1.76. The summed E-state index contributed by atoms with van der Waals surface area (Å²) in [5, 5.41) is -0.139. The SMILES string of the molecule is COC(=O)CCN(C)S(=O)(=O)c1c(Cl)cc(N)cc1Cl. The Kier molecular flexibility index (Phi) is 5.64. The van der Waals surface area contributed by atoms with Crippen LogP contribution in [-0.4, -0.2) is 39.4 Å². The first-order valence-electron chi connectivity index (χ1n) is 5.47. The molecule has 2 N–H and O–H groups in total. The van der Waals surface area contributed by atoms with Gasteiger partial charge in [-0.05, 0) is 12.1 Å². The number of nitrogen functional groups attached to an aromatic ring is 1. The Labute approximate surface area is 127 Å². The summed E-state index contributed by atoms with van der Waals surface area (Å²) in [6.07, 6.45) is -0.0730. The van der Waals surface area contributed by atoms with Crippen LogP contribution in [0, 0.1) is 0 Å². The highest BCUT2D eigenvalue weighted by molar-refractivity contribution is 7.89. The van der Waals surface area contributed by atoms with Crippen molar-refractivity contribution in [3.05, 3.63) is 22.2 Å². The van der Waals surface area contributed by atoms with Crippen LogP contribution in [0.5, 0.6) is 0 Å². The average molecular weight is 341 g/mol. The first-order chi connectivity index (χ1) is 9.20. The van der Waals surface area contributed by atoms with Crippen LogP contribution in [0.1, 0.15) is 6.42 Å². The molecule has 0 amide bonds. The lowest BCUT2D eigenvalue weighted by atomic mass is 10.3. The molecule has 0 spiro atoms. The van der Waals surface area contributed by atoms with Crippen molar-refractivity contribution in [2.45, 2.75) is 11.3 Å². The van der Waals surface area contributed by atoms with Gasteiger partial charge in [0.1, 0.15) is 4.90 Å². The van der Waals surface area contributed by atoms with E-state index in [1.807, 2.05) is 0 Å². The summed E-state index contributed by atoms with van der Waals surface area (Å²) in [6.45, 7) is -0.0496. The van der Waals surface area contributed by atoms with Crippen LogP contribution in [0.3, 0.4) is 0 Å². The van der Waals surface area contributed by atoms with Crippen molar-refractivity contribution in [3.63, 3.8) is 0 Å². The maximum Gasteiger partial charge on any atom is 0.306 e. The quantitative estimate of drug-likeness (QED) is 0.651. The molecule has 0 radical (unpaired) electrons. The maximum atomic E-state index is 12.4. The second-order valence-corrected chi connectivity index (χ2v) is 6.76. The number of hydrogen-bond acceptors (Lipinski definition) is 5. The van der Waals surface area contributed by atoms with Crippen molar-refractivity contribution >= 4 is 44.9 Å². The molecular formula is C11H14Cl2N2O4S. The van der Waals surface area contributed by atoms with Crippen molar-refractivity contribution in [1.82, 2.24) is 4.31 Å². The number of halogens is 2. The van der Waals surface area contributed by atoms with E-state index < -0.39 is 16.0 Å². The van der Waals surface area contributed by atoms with Gasteiger partial charge in [0, 0.05) is 19.3 Å². The highest BCUT2D eigenvalue weighted by Crippen LogP contribution is 2.33. The molecule has 6 nitrogen and oxygen atoms in total. The molecule has 0 heterocycles. The molecule has 0 saturated heterocycles. The summed E-state index contributed by atoms with van der Waals surface area (Å²) in [4.78, 5) is 10.8. The number of carbonyl (C=O) groups excluding carboxylic acids is 1. The number of benzene rings is 1. The van der Waals surface area contributed by atoms with Crippen molar-refractivity contribution in [1.29, 1.82) is 0 Å². The lowest BCUT2D eigenvalue weighted by Gasteiger charge is -2.18. The Morgan fingerprint density at radius 2 is 1.85 bits per heavy atom. The van der Waals surface area contributed by atoms with Gasteiger partial charge in [0.2, 0.25) is 10.0 Å². The summed E-state index contributed by atoms with van der Waals surface area (Å²) >= 11 is 11.8. The molecule has 0 saturated carbocycles. The molecule has 0 aliphatic carbocycles. The molecule has 112 valence electrons. The zero-order chi connectivity index (χ0) is 15.5. The Bertz CT molecular complexity index is 596. The number of esters is 1. The molecule has 0 aromatic heterocycles. The van der Waals surface area contributed by atoms with Crippen molar-refractivity contribution in [3.8, 4) is 0 Å². The minimum atomic E-state index is -3.91. The number of anilines is 1. The molecule has 0 aliphatic rings. The molecule has 1 aromatic carbocycles. The lowest BCUT2D eigenvalue weighted by Crippen LogP contribution is -2.30.